The molecule has 0 saturated heterocycles. The van der Waals surface area contributed by atoms with Crippen molar-refractivity contribution in [2.75, 3.05) is 0 Å². The maximum absolute atomic E-state index is 6.19. The standard InChI is InChI=1S/C18H18O/c1-3-8-15(9-4-1)14-17-12-7-13-18(19-17)16-10-5-2-6-11-16/h1-12,17-18H,13-14H2/t17-,18+/m0/s1. The summed E-state index contributed by atoms with van der Waals surface area (Å²) in [7, 11) is 0. The zero-order chi connectivity index (χ0) is 12.9. The van der Waals surface area contributed by atoms with Gasteiger partial charge in [-0.3, -0.25) is 0 Å². The van der Waals surface area contributed by atoms with Crippen molar-refractivity contribution in [3.05, 3.63) is 83.9 Å². The van der Waals surface area contributed by atoms with Crippen LogP contribution in [0.25, 0.3) is 0 Å². The third kappa shape index (κ3) is 3.12. The first-order chi connectivity index (χ1) is 9.42. The Bertz CT molecular complexity index is 530. The molecule has 2 aromatic carbocycles. The number of ether oxygens (including phenoxy) is 1. The molecule has 3 rings (SSSR count). The minimum atomic E-state index is 0.182. The van der Waals surface area contributed by atoms with Gasteiger partial charge in [0.25, 0.3) is 0 Å². The SMILES string of the molecule is C1=C[C@@H](Cc2ccccc2)O[C@@H](c2ccccc2)C1. The number of hydrogen-bond donors (Lipinski definition) is 0. The van der Waals surface area contributed by atoms with E-state index in [9.17, 15) is 0 Å². The monoisotopic (exact) mass is 250 g/mol. The lowest BCUT2D eigenvalue weighted by atomic mass is 10.0. The van der Waals surface area contributed by atoms with Gasteiger partial charge in [0.2, 0.25) is 0 Å². The van der Waals surface area contributed by atoms with Crippen LogP contribution in [0.2, 0.25) is 0 Å². The van der Waals surface area contributed by atoms with Crippen molar-refractivity contribution in [2.24, 2.45) is 0 Å². The molecule has 0 saturated carbocycles. The van der Waals surface area contributed by atoms with Gasteiger partial charge in [-0.05, 0) is 17.5 Å². The summed E-state index contributed by atoms with van der Waals surface area (Å²) in [4.78, 5) is 0. The fourth-order valence-corrected chi connectivity index (χ4v) is 2.51. The maximum atomic E-state index is 6.19. The fourth-order valence-electron chi connectivity index (χ4n) is 2.51. The molecule has 1 aliphatic heterocycles. The van der Waals surface area contributed by atoms with Crippen molar-refractivity contribution < 1.29 is 4.74 Å². The van der Waals surface area contributed by atoms with E-state index in [1.54, 1.807) is 0 Å². The highest BCUT2D eigenvalue weighted by Gasteiger charge is 2.19. The van der Waals surface area contributed by atoms with Gasteiger partial charge in [-0.25, -0.2) is 0 Å². The number of hydrogen-bond acceptors (Lipinski definition) is 1. The highest BCUT2D eigenvalue weighted by Crippen LogP contribution is 2.28. The van der Waals surface area contributed by atoms with Crippen LogP contribution >= 0.6 is 0 Å². The molecule has 0 bridgehead atoms. The van der Waals surface area contributed by atoms with Gasteiger partial charge in [0, 0.05) is 6.42 Å². The second kappa shape index (κ2) is 5.85. The summed E-state index contributed by atoms with van der Waals surface area (Å²) in [5.41, 5.74) is 2.59. The van der Waals surface area contributed by atoms with Crippen molar-refractivity contribution in [1.82, 2.24) is 0 Å². The van der Waals surface area contributed by atoms with Gasteiger partial charge in [0.05, 0.1) is 12.2 Å². The van der Waals surface area contributed by atoms with Gasteiger partial charge in [-0.15, -0.1) is 0 Å². The Hall–Kier alpha value is -1.86. The van der Waals surface area contributed by atoms with E-state index in [4.69, 9.17) is 4.74 Å². The number of rotatable bonds is 3. The molecule has 0 aliphatic carbocycles. The molecule has 1 aliphatic rings. The first-order valence-corrected chi connectivity index (χ1v) is 6.83. The van der Waals surface area contributed by atoms with Crippen LogP contribution in [0.4, 0.5) is 0 Å². The Morgan fingerprint density at radius 1 is 0.895 bits per heavy atom. The fraction of sp³-hybridized carbons (Fsp3) is 0.222. The second-order valence-electron chi connectivity index (χ2n) is 4.93. The Morgan fingerprint density at radius 3 is 2.32 bits per heavy atom. The molecule has 96 valence electrons. The molecule has 0 amide bonds. The summed E-state index contributed by atoms with van der Waals surface area (Å²) >= 11 is 0. The molecule has 0 N–H and O–H groups in total. The van der Waals surface area contributed by atoms with Gasteiger partial charge in [-0.2, -0.15) is 0 Å². The van der Waals surface area contributed by atoms with Crippen LogP contribution in [0.3, 0.4) is 0 Å². The Labute approximate surface area is 114 Å². The predicted octanol–water partition coefficient (Wildman–Crippen LogP) is 4.32. The zero-order valence-electron chi connectivity index (χ0n) is 10.9. The molecule has 1 heterocycles. The Kier molecular flexibility index (Phi) is 3.75. The minimum absolute atomic E-state index is 0.182. The van der Waals surface area contributed by atoms with Crippen molar-refractivity contribution >= 4 is 0 Å². The summed E-state index contributed by atoms with van der Waals surface area (Å²) in [5, 5.41) is 0. The third-order valence-corrected chi connectivity index (χ3v) is 3.49. The summed E-state index contributed by atoms with van der Waals surface area (Å²) in [6, 6.07) is 21.0. The summed E-state index contributed by atoms with van der Waals surface area (Å²) in [6.07, 6.45) is 6.72. The molecule has 0 radical (unpaired) electrons. The molecule has 0 spiro atoms. The van der Waals surface area contributed by atoms with Crippen LogP contribution in [0.15, 0.2) is 72.8 Å². The molecule has 0 unspecified atom stereocenters. The van der Waals surface area contributed by atoms with Crippen LogP contribution in [0, 0.1) is 0 Å². The molecular formula is C18H18O. The highest BCUT2D eigenvalue weighted by atomic mass is 16.5. The zero-order valence-corrected chi connectivity index (χ0v) is 10.9. The normalized spacial score (nSPS) is 22.3. The average Bonchev–Trinajstić information content (AvgIpc) is 2.49. The van der Waals surface area contributed by atoms with Gasteiger partial charge < -0.3 is 4.74 Å². The predicted molar refractivity (Wildman–Crippen MR) is 78.0 cm³/mol. The van der Waals surface area contributed by atoms with Gasteiger partial charge in [-0.1, -0.05) is 72.8 Å². The van der Waals surface area contributed by atoms with E-state index in [2.05, 4.69) is 60.7 Å². The summed E-state index contributed by atoms with van der Waals surface area (Å²) in [5.74, 6) is 0. The summed E-state index contributed by atoms with van der Waals surface area (Å²) < 4.78 is 6.19. The van der Waals surface area contributed by atoms with E-state index >= 15 is 0 Å². The Morgan fingerprint density at radius 2 is 1.58 bits per heavy atom. The lowest BCUT2D eigenvalue weighted by Gasteiger charge is -2.26. The van der Waals surface area contributed by atoms with Crippen molar-refractivity contribution in [3.8, 4) is 0 Å². The van der Waals surface area contributed by atoms with Crippen molar-refractivity contribution in [2.45, 2.75) is 25.0 Å². The molecule has 1 heteroatoms. The molecule has 0 fully saturated rings. The third-order valence-electron chi connectivity index (χ3n) is 3.49. The van der Waals surface area contributed by atoms with Crippen LogP contribution < -0.4 is 0 Å². The average molecular weight is 250 g/mol. The molecule has 2 atom stereocenters. The minimum Gasteiger partial charge on any atom is -0.366 e. The van der Waals surface area contributed by atoms with E-state index in [0.29, 0.717) is 0 Å². The van der Waals surface area contributed by atoms with E-state index in [1.165, 1.54) is 11.1 Å². The largest absolute Gasteiger partial charge is 0.366 e. The van der Waals surface area contributed by atoms with Crippen molar-refractivity contribution in [3.63, 3.8) is 0 Å². The van der Waals surface area contributed by atoms with E-state index in [0.717, 1.165) is 12.8 Å². The van der Waals surface area contributed by atoms with E-state index in [-0.39, 0.29) is 12.2 Å². The number of benzene rings is 2. The highest BCUT2D eigenvalue weighted by molar-refractivity contribution is 5.21. The smallest absolute Gasteiger partial charge is 0.0867 e. The molecular weight excluding hydrogens is 232 g/mol. The molecule has 19 heavy (non-hydrogen) atoms. The lowest BCUT2D eigenvalue weighted by molar-refractivity contribution is 0.00534. The first kappa shape index (κ1) is 12.2. The second-order valence-corrected chi connectivity index (χ2v) is 4.93. The van der Waals surface area contributed by atoms with Crippen LogP contribution in [-0.4, -0.2) is 6.10 Å². The van der Waals surface area contributed by atoms with Crippen molar-refractivity contribution in [1.29, 1.82) is 0 Å². The maximum Gasteiger partial charge on any atom is 0.0867 e. The van der Waals surface area contributed by atoms with Crippen LogP contribution in [0.1, 0.15) is 23.7 Å². The first-order valence-electron chi connectivity index (χ1n) is 6.83. The van der Waals surface area contributed by atoms with E-state index < -0.39 is 0 Å². The van der Waals surface area contributed by atoms with Crippen LogP contribution in [-0.2, 0) is 11.2 Å². The topological polar surface area (TPSA) is 9.23 Å². The molecule has 0 aromatic heterocycles. The van der Waals surface area contributed by atoms with Gasteiger partial charge >= 0.3 is 0 Å². The van der Waals surface area contributed by atoms with Gasteiger partial charge in [0.1, 0.15) is 0 Å². The Balaban J connectivity index is 1.69. The van der Waals surface area contributed by atoms with E-state index in [1.807, 2.05) is 12.1 Å². The quantitative estimate of drug-likeness (QED) is 0.737. The molecule has 1 nitrogen and oxygen atoms in total. The molecule has 2 aromatic rings. The van der Waals surface area contributed by atoms with Crippen LogP contribution in [0.5, 0.6) is 0 Å². The lowest BCUT2D eigenvalue weighted by Crippen LogP contribution is -2.20. The summed E-state index contributed by atoms with van der Waals surface area (Å²) in [6.45, 7) is 0. The van der Waals surface area contributed by atoms with Gasteiger partial charge in [0.15, 0.2) is 0 Å².